The SMILES string of the molecule is O=S(=O)(O)Cc1cccc(Oc2ccccc2)c1. The van der Waals surface area contributed by atoms with Gasteiger partial charge in [0, 0.05) is 0 Å². The fourth-order valence-electron chi connectivity index (χ4n) is 1.53. The Hall–Kier alpha value is -1.85. The second kappa shape index (κ2) is 5.20. The van der Waals surface area contributed by atoms with Crippen LogP contribution in [0, 0.1) is 0 Å². The van der Waals surface area contributed by atoms with Gasteiger partial charge in [0.15, 0.2) is 0 Å². The molecule has 0 unspecified atom stereocenters. The summed E-state index contributed by atoms with van der Waals surface area (Å²) in [4.78, 5) is 0. The zero-order valence-corrected chi connectivity index (χ0v) is 10.3. The maximum Gasteiger partial charge on any atom is 0.269 e. The van der Waals surface area contributed by atoms with Crippen molar-refractivity contribution in [2.75, 3.05) is 0 Å². The molecule has 1 N–H and O–H groups in total. The van der Waals surface area contributed by atoms with Crippen LogP contribution in [0.5, 0.6) is 11.5 Å². The van der Waals surface area contributed by atoms with Crippen molar-refractivity contribution in [3.63, 3.8) is 0 Å². The van der Waals surface area contributed by atoms with Crippen LogP contribution in [0.15, 0.2) is 54.6 Å². The van der Waals surface area contributed by atoms with Gasteiger partial charge in [-0.1, -0.05) is 30.3 Å². The summed E-state index contributed by atoms with van der Waals surface area (Å²) in [6.45, 7) is 0. The first-order valence-electron chi connectivity index (χ1n) is 5.30. The lowest BCUT2D eigenvalue weighted by molar-refractivity contribution is 0.479. The van der Waals surface area contributed by atoms with Gasteiger partial charge in [-0.05, 0) is 29.8 Å². The Morgan fingerprint density at radius 3 is 2.28 bits per heavy atom. The van der Waals surface area contributed by atoms with Crippen LogP contribution in [-0.2, 0) is 15.9 Å². The van der Waals surface area contributed by atoms with E-state index in [-0.39, 0.29) is 0 Å². The number of benzene rings is 2. The fraction of sp³-hybridized carbons (Fsp3) is 0.0769. The smallest absolute Gasteiger partial charge is 0.269 e. The molecule has 0 aromatic heterocycles. The summed E-state index contributed by atoms with van der Waals surface area (Å²) in [5.74, 6) is 0.780. The summed E-state index contributed by atoms with van der Waals surface area (Å²) in [5, 5.41) is 0. The van der Waals surface area contributed by atoms with E-state index in [1.807, 2.05) is 18.2 Å². The standard InChI is InChI=1S/C13H12O4S/c14-18(15,16)10-11-5-4-8-13(9-11)17-12-6-2-1-3-7-12/h1-9H,10H2,(H,14,15,16). The second-order valence-corrected chi connectivity index (χ2v) is 5.24. The van der Waals surface area contributed by atoms with E-state index in [9.17, 15) is 8.42 Å². The molecule has 0 atom stereocenters. The third kappa shape index (κ3) is 3.87. The van der Waals surface area contributed by atoms with Crippen molar-refractivity contribution in [2.45, 2.75) is 5.75 Å². The Balaban J connectivity index is 2.18. The molecule has 0 aliphatic carbocycles. The first-order chi connectivity index (χ1) is 8.53. The van der Waals surface area contributed by atoms with Crippen LogP contribution in [0.3, 0.4) is 0 Å². The van der Waals surface area contributed by atoms with Gasteiger partial charge < -0.3 is 4.74 Å². The van der Waals surface area contributed by atoms with Gasteiger partial charge in [0.25, 0.3) is 10.1 Å². The molecule has 2 rings (SSSR count). The maximum atomic E-state index is 10.8. The molecule has 0 saturated heterocycles. The highest BCUT2D eigenvalue weighted by atomic mass is 32.2. The number of hydrogen-bond donors (Lipinski definition) is 1. The van der Waals surface area contributed by atoms with E-state index in [1.165, 1.54) is 0 Å². The first kappa shape index (κ1) is 12.6. The predicted molar refractivity (Wildman–Crippen MR) is 68.2 cm³/mol. The third-order valence-electron chi connectivity index (χ3n) is 2.23. The average molecular weight is 264 g/mol. The van der Waals surface area contributed by atoms with E-state index in [4.69, 9.17) is 9.29 Å². The molecule has 0 saturated carbocycles. The Labute approximate surface area is 106 Å². The molecule has 4 nitrogen and oxygen atoms in total. The van der Waals surface area contributed by atoms with Gasteiger partial charge in [-0.15, -0.1) is 0 Å². The molecule has 2 aromatic rings. The van der Waals surface area contributed by atoms with Crippen molar-refractivity contribution >= 4 is 10.1 Å². The molecule has 0 bridgehead atoms. The molecule has 0 aliphatic heterocycles. The number of hydrogen-bond acceptors (Lipinski definition) is 3. The Kier molecular flexibility index (Phi) is 3.64. The largest absolute Gasteiger partial charge is 0.457 e. The molecule has 0 radical (unpaired) electrons. The average Bonchev–Trinajstić information content (AvgIpc) is 2.28. The third-order valence-corrected chi connectivity index (χ3v) is 2.92. The minimum Gasteiger partial charge on any atom is -0.457 e. The van der Waals surface area contributed by atoms with E-state index in [1.54, 1.807) is 36.4 Å². The molecule has 0 spiro atoms. The summed E-state index contributed by atoms with van der Waals surface area (Å²) in [6, 6.07) is 15.8. The van der Waals surface area contributed by atoms with Crippen molar-refractivity contribution in [3.8, 4) is 11.5 Å². The summed E-state index contributed by atoms with van der Waals surface area (Å²) in [7, 11) is -4.02. The molecule has 18 heavy (non-hydrogen) atoms. The summed E-state index contributed by atoms with van der Waals surface area (Å²) in [5.41, 5.74) is 0.478. The monoisotopic (exact) mass is 264 g/mol. The van der Waals surface area contributed by atoms with Crippen molar-refractivity contribution in [1.82, 2.24) is 0 Å². The highest BCUT2D eigenvalue weighted by Crippen LogP contribution is 2.22. The van der Waals surface area contributed by atoms with Crippen molar-refractivity contribution in [3.05, 3.63) is 60.2 Å². The molecular weight excluding hydrogens is 252 g/mol. The van der Waals surface area contributed by atoms with E-state index >= 15 is 0 Å². The minimum absolute atomic E-state index is 0.418. The molecule has 0 amide bonds. The molecule has 0 fully saturated rings. The zero-order valence-electron chi connectivity index (χ0n) is 9.48. The predicted octanol–water partition coefficient (Wildman–Crippen LogP) is 2.87. The van der Waals surface area contributed by atoms with Crippen LogP contribution in [0.25, 0.3) is 0 Å². The van der Waals surface area contributed by atoms with E-state index in [0.29, 0.717) is 17.1 Å². The van der Waals surface area contributed by atoms with Crippen LogP contribution < -0.4 is 4.74 Å². The quantitative estimate of drug-likeness (QED) is 0.862. The number of ether oxygens (including phenoxy) is 1. The van der Waals surface area contributed by atoms with E-state index in [0.717, 1.165) is 0 Å². The van der Waals surface area contributed by atoms with Gasteiger partial charge in [-0.25, -0.2) is 0 Å². The Morgan fingerprint density at radius 2 is 1.61 bits per heavy atom. The lowest BCUT2D eigenvalue weighted by Crippen LogP contribution is -2.01. The van der Waals surface area contributed by atoms with Crippen molar-refractivity contribution < 1.29 is 17.7 Å². The van der Waals surface area contributed by atoms with Crippen molar-refractivity contribution in [2.24, 2.45) is 0 Å². The normalized spacial score (nSPS) is 11.2. The maximum absolute atomic E-state index is 10.8. The summed E-state index contributed by atoms with van der Waals surface area (Å²) < 4.78 is 35.9. The lowest BCUT2D eigenvalue weighted by atomic mass is 10.2. The lowest BCUT2D eigenvalue weighted by Gasteiger charge is -2.06. The molecule has 94 valence electrons. The van der Waals surface area contributed by atoms with Crippen LogP contribution in [0.1, 0.15) is 5.56 Å². The van der Waals surface area contributed by atoms with Crippen LogP contribution in [-0.4, -0.2) is 13.0 Å². The number of para-hydroxylation sites is 1. The van der Waals surface area contributed by atoms with E-state index in [2.05, 4.69) is 0 Å². The molecule has 2 aromatic carbocycles. The van der Waals surface area contributed by atoms with Gasteiger partial charge in [0.05, 0.1) is 0 Å². The second-order valence-electron chi connectivity index (χ2n) is 3.79. The summed E-state index contributed by atoms with van der Waals surface area (Å²) >= 11 is 0. The van der Waals surface area contributed by atoms with Gasteiger partial charge in [0.2, 0.25) is 0 Å². The Bertz CT molecular complexity index is 620. The minimum atomic E-state index is -4.02. The number of rotatable bonds is 4. The highest BCUT2D eigenvalue weighted by Gasteiger charge is 2.07. The first-order valence-corrected chi connectivity index (χ1v) is 6.91. The van der Waals surface area contributed by atoms with Crippen LogP contribution >= 0.6 is 0 Å². The highest BCUT2D eigenvalue weighted by molar-refractivity contribution is 7.85. The van der Waals surface area contributed by atoms with Gasteiger partial charge >= 0.3 is 0 Å². The molecule has 0 heterocycles. The fourth-order valence-corrected chi connectivity index (χ4v) is 2.13. The molecule has 0 aliphatic rings. The van der Waals surface area contributed by atoms with Crippen molar-refractivity contribution in [1.29, 1.82) is 0 Å². The molecule has 5 heteroatoms. The van der Waals surface area contributed by atoms with Crippen LogP contribution in [0.2, 0.25) is 0 Å². The van der Waals surface area contributed by atoms with Gasteiger partial charge in [-0.3, -0.25) is 4.55 Å². The van der Waals surface area contributed by atoms with Gasteiger partial charge in [0.1, 0.15) is 17.3 Å². The van der Waals surface area contributed by atoms with Gasteiger partial charge in [-0.2, -0.15) is 8.42 Å². The zero-order chi connectivity index (χ0) is 13.0. The Morgan fingerprint density at radius 1 is 0.944 bits per heavy atom. The van der Waals surface area contributed by atoms with Crippen LogP contribution in [0.4, 0.5) is 0 Å². The topological polar surface area (TPSA) is 63.6 Å². The molecular formula is C13H12O4S. The van der Waals surface area contributed by atoms with E-state index < -0.39 is 15.9 Å². The summed E-state index contributed by atoms with van der Waals surface area (Å²) in [6.07, 6.45) is 0.